The molecule has 0 aliphatic carbocycles. The number of halogens is 2. The number of aromatic carboxylic acids is 1. The van der Waals surface area contributed by atoms with Crippen LogP contribution in [0.3, 0.4) is 0 Å². The molecule has 4 nitrogen and oxygen atoms in total. The molecule has 0 saturated carbocycles. The third kappa shape index (κ3) is 3.41. The summed E-state index contributed by atoms with van der Waals surface area (Å²) in [6, 6.07) is 7.15. The van der Waals surface area contributed by atoms with E-state index in [0.29, 0.717) is 4.88 Å². The standard InChI is InChI=1S/C12H8BrClO4S2/c13-11-4-1-7(19-11)6-20(17,18)8-2-3-10(14)9(5-8)12(15)16/h1-5H,6H2,(H,15,16). The van der Waals surface area contributed by atoms with Crippen LogP contribution < -0.4 is 0 Å². The smallest absolute Gasteiger partial charge is 0.337 e. The lowest BCUT2D eigenvalue weighted by molar-refractivity contribution is 0.0697. The largest absolute Gasteiger partial charge is 0.478 e. The van der Waals surface area contributed by atoms with E-state index >= 15 is 0 Å². The van der Waals surface area contributed by atoms with Crippen LogP contribution in [0.1, 0.15) is 15.2 Å². The first-order valence-electron chi connectivity index (χ1n) is 5.29. The van der Waals surface area contributed by atoms with Gasteiger partial charge in [0.2, 0.25) is 0 Å². The summed E-state index contributed by atoms with van der Waals surface area (Å²) in [7, 11) is -3.61. The number of carboxylic acids is 1. The average molecular weight is 396 g/mol. The van der Waals surface area contributed by atoms with Crippen molar-refractivity contribution < 1.29 is 18.3 Å². The number of carboxylic acid groups (broad SMARTS) is 1. The van der Waals surface area contributed by atoms with Gasteiger partial charge in [0.1, 0.15) is 0 Å². The van der Waals surface area contributed by atoms with Crippen molar-refractivity contribution in [3.63, 3.8) is 0 Å². The molecule has 1 aromatic carbocycles. The van der Waals surface area contributed by atoms with E-state index in [-0.39, 0.29) is 21.2 Å². The third-order valence-corrected chi connectivity index (χ3v) is 6.29. The van der Waals surface area contributed by atoms with Crippen molar-refractivity contribution in [3.8, 4) is 0 Å². The fourth-order valence-electron chi connectivity index (χ4n) is 1.56. The van der Waals surface area contributed by atoms with E-state index in [1.807, 2.05) is 0 Å². The maximum Gasteiger partial charge on any atom is 0.337 e. The monoisotopic (exact) mass is 394 g/mol. The highest BCUT2D eigenvalue weighted by atomic mass is 79.9. The van der Waals surface area contributed by atoms with Crippen molar-refractivity contribution in [2.24, 2.45) is 0 Å². The fourth-order valence-corrected chi connectivity index (χ4v) is 4.95. The molecular weight excluding hydrogens is 388 g/mol. The van der Waals surface area contributed by atoms with E-state index in [9.17, 15) is 13.2 Å². The minimum Gasteiger partial charge on any atom is -0.478 e. The van der Waals surface area contributed by atoms with Crippen LogP contribution in [-0.4, -0.2) is 19.5 Å². The van der Waals surface area contributed by atoms with Crippen molar-refractivity contribution in [2.45, 2.75) is 10.6 Å². The Labute approximate surface area is 133 Å². The lowest BCUT2D eigenvalue weighted by Crippen LogP contribution is -2.06. The summed E-state index contributed by atoms with van der Waals surface area (Å²) in [4.78, 5) is 11.6. The lowest BCUT2D eigenvalue weighted by atomic mass is 10.2. The maximum absolute atomic E-state index is 12.3. The summed E-state index contributed by atoms with van der Waals surface area (Å²) in [6.07, 6.45) is 0. The Hall–Kier alpha value is -0.890. The molecule has 0 radical (unpaired) electrons. The van der Waals surface area contributed by atoms with Crippen molar-refractivity contribution in [2.75, 3.05) is 0 Å². The Balaban J connectivity index is 2.39. The SMILES string of the molecule is O=C(O)c1cc(S(=O)(=O)Cc2ccc(Br)s2)ccc1Cl. The predicted molar refractivity (Wildman–Crippen MR) is 81.3 cm³/mol. The number of rotatable bonds is 4. The zero-order valence-electron chi connectivity index (χ0n) is 9.84. The quantitative estimate of drug-likeness (QED) is 0.854. The van der Waals surface area contributed by atoms with Crippen LogP contribution in [0.4, 0.5) is 0 Å². The van der Waals surface area contributed by atoms with Crippen LogP contribution in [0.5, 0.6) is 0 Å². The van der Waals surface area contributed by atoms with Gasteiger partial charge in [0.25, 0.3) is 0 Å². The molecular formula is C12H8BrClO4S2. The number of sulfone groups is 1. The van der Waals surface area contributed by atoms with Gasteiger partial charge < -0.3 is 5.11 Å². The highest BCUT2D eigenvalue weighted by molar-refractivity contribution is 9.11. The molecule has 2 rings (SSSR count). The van der Waals surface area contributed by atoms with Crippen molar-refractivity contribution in [1.29, 1.82) is 0 Å². The molecule has 2 aromatic rings. The van der Waals surface area contributed by atoms with E-state index < -0.39 is 15.8 Å². The number of benzene rings is 1. The van der Waals surface area contributed by atoms with Crippen molar-refractivity contribution in [1.82, 2.24) is 0 Å². The van der Waals surface area contributed by atoms with Crippen LogP contribution in [-0.2, 0) is 15.6 Å². The molecule has 1 aromatic heterocycles. The first kappa shape index (κ1) is 15.5. The Morgan fingerprint density at radius 2 is 2.00 bits per heavy atom. The molecule has 0 unspecified atom stereocenters. The van der Waals surface area contributed by atoms with Gasteiger partial charge in [0.15, 0.2) is 9.84 Å². The van der Waals surface area contributed by atoms with Crippen LogP contribution in [0.15, 0.2) is 39.0 Å². The number of hydrogen-bond donors (Lipinski definition) is 1. The average Bonchev–Trinajstić information content (AvgIpc) is 2.73. The Morgan fingerprint density at radius 3 is 2.55 bits per heavy atom. The molecule has 0 aliphatic rings. The molecule has 1 N–H and O–H groups in total. The molecule has 0 bridgehead atoms. The molecule has 0 aliphatic heterocycles. The molecule has 0 fully saturated rings. The minimum absolute atomic E-state index is 0.00955. The van der Waals surface area contributed by atoms with Crippen molar-refractivity contribution in [3.05, 3.63) is 49.6 Å². The van der Waals surface area contributed by atoms with E-state index in [2.05, 4.69) is 15.9 Å². The van der Waals surface area contributed by atoms with Gasteiger partial charge in [-0.1, -0.05) is 11.6 Å². The van der Waals surface area contributed by atoms with Gasteiger partial charge in [-0.15, -0.1) is 11.3 Å². The highest BCUT2D eigenvalue weighted by Gasteiger charge is 2.20. The molecule has 0 amide bonds. The zero-order chi connectivity index (χ0) is 14.9. The topological polar surface area (TPSA) is 71.4 Å². The van der Waals surface area contributed by atoms with Crippen LogP contribution in [0.2, 0.25) is 5.02 Å². The molecule has 0 spiro atoms. The normalized spacial score (nSPS) is 11.5. The third-order valence-electron chi connectivity index (χ3n) is 2.49. The highest BCUT2D eigenvalue weighted by Crippen LogP contribution is 2.27. The molecule has 0 atom stereocenters. The Kier molecular flexibility index (Phi) is 4.53. The first-order valence-corrected chi connectivity index (χ1v) is 8.93. The predicted octanol–water partition coefficient (Wildman–Crippen LogP) is 3.84. The summed E-state index contributed by atoms with van der Waals surface area (Å²) in [6.45, 7) is 0. The fraction of sp³-hybridized carbons (Fsp3) is 0.0833. The molecule has 0 saturated heterocycles. The van der Waals surface area contributed by atoms with Gasteiger partial charge in [-0.25, -0.2) is 13.2 Å². The summed E-state index contributed by atoms with van der Waals surface area (Å²) in [5.41, 5.74) is -0.222. The minimum atomic E-state index is -3.61. The second-order valence-electron chi connectivity index (χ2n) is 3.91. The van der Waals surface area contributed by atoms with E-state index in [1.165, 1.54) is 23.5 Å². The van der Waals surface area contributed by atoms with Crippen LogP contribution in [0.25, 0.3) is 0 Å². The second-order valence-corrected chi connectivity index (χ2v) is 8.86. The molecule has 20 heavy (non-hydrogen) atoms. The lowest BCUT2D eigenvalue weighted by Gasteiger charge is -2.05. The summed E-state index contributed by atoms with van der Waals surface area (Å²) in [5.74, 6) is -1.44. The number of carbonyl (C=O) groups is 1. The summed E-state index contributed by atoms with van der Waals surface area (Å²) in [5, 5.41) is 8.98. The van der Waals surface area contributed by atoms with Crippen LogP contribution in [0, 0.1) is 0 Å². The summed E-state index contributed by atoms with van der Waals surface area (Å²) >= 11 is 10.3. The van der Waals surface area contributed by atoms with E-state index in [0.717, 1.165) is 9.85 Å². The summed E-state index contributed by atoms with van der Waals surface area (Å²) < 4.78 is 25.3. The van der Waals surface area contributed by atoms with Gasteiger partial charge in [0.05, 0.1) is 25.0 Å². The molecule has 1 heterocycles. The number of thiophene rings is 1. The van der Waals surface area contributed by atoms with Gasteiger partial charge >= 0.3 is 5.97 Å². The van der Waals surface area contributed by atoms with Gasteiger partial charge in [0, 0.05) is 4.88 Å². The second kappa shape index (κ2) is 5.85. The Morgan fingerprint density at radius 1 is 1.30 bits per heavy atom. The van der Waals surface area contributed by atoms with Crippen LogP contribution >= 0.6 is 38.9 Å². The Bertz CT molecular complexity index is 768. The van der Waals surface area contributed by atoms with Gasteiger partial charge in [-0.05, 0) is 46.3 Å². The number of hydrogen-bond acceptors (Lipinski definition) is 4. The van der Waals surface area contributed by atoms with Crippen molar-refractivity contribution >= 4 is 54.7 Å². The van der Waals surface area contributed by atoms with Gasteiger partial charge in [-0.2, -0.15) is 0 Å². The maximum atomic E-state index is 12.3. The zero-order valence-corrected chi connectivity index (χ0v) is 13.8. The molecule has 8 heteroatoms. The van der Waals surface area contributed by atoms with E-state index in [1.54, 1.807) is 12.1 Å². The molecule has 106 valence electrons. The van der Waals surface area contributed by atoms with E-state index in [4.69, 9.17) is 16.7 Å². The van der Waals surface area contributed by atoms with Gasteiger partial charge in [-0.3, -0.25) is 0 Å². The first-order chi connectivity index (χ1) is 9.29.